The Morgan fingerprint density at radius 3 is 3.06 bits per heavy atom. The number of rotatable bonds is 2. The predicted octanol–water partition coefficient (Wildman–Crippen LogP) is 2.19. The summed E-state index contributed by atoms with van der Waals surface area (Å²) in [5.74, 6) is -0.111. The fourth-order valence-electron chi connectivity index (χ4n) is 1.71. The van der Waals surface area contributed by atoms with Crippen molar-refractivity contribution in [3.05, 3.63) is 33.3 Å². The van der Waals surface area contributed by atoms with Crippen LogP contribution in [0.5, 0.6) is 0 Å². The Bertz CT molecular complexity index is 405. The number of hydrogen-bond donors (Lipinski definition) is 2. The summed E-state index contributed by atoms with van der Waals surface area (Å²) in [5.41, 5.74) is 0.517. The Morgan fingerprint density at radius 2 is 2.38 bits per heavy atom. The molecule has 2 rings (SSSR count). The molecule has 0 aromatic heterocycles. The molecule has 1 heterocycles. The highest BCUT2D eigenvalue weighted by Crippen LogP contribution is 2.21. The van der Waals surface area contributed by atoms with Gasteiger partial charge < -0.3 is 10.6 Å². The third kappa shape index (κ3) is 2.75. The Labute approximate surface area is 108 Å². The maximum Gasteiger partial charge on any atom is 0.253 e. The quantitative estimate of drug-likeness (QED) is 0.879. The fraction of sp³-hybridized carbons (Fsp3) is 0.364. The number of amides is 1. The van der Waals surface area contributed by atoms with E-state index in [-0.39, 0.29) is 11.9 Å². The number of carbonyl (C=O) groups is 1. The summed E-state index contributed by atoms with van der Waals surface area (Å²) in [6.45, 7) is 1.79. The Kier molecular flexibility index (Phi) is 3.84. The molecule has 2 N–H and O–H groups in total. The average Bonchev–Trinajstić information content (AvgIpc) is 2.74. The molecule has 3 nitrogen and oxygen atoms in total. The highest BCUT2D eigenvalue weighted by Gasteiger charge is 2.19. The highest BCUT2D eigenvalue weighted by atomic mass is 79.9. The molecule has 1 fully saturated rings. The van der Waals surface area contributed by atoms with Gasteiger partial charge in [0.25, 0.3) is 5.91 Å². The molecule has 1 aliphatic rings. The molecule has 1 aromatic carbocycles. The van der Waals surface area contributed by atoms with Crippen LogP contribution in [0.2, 0.25) is 5.02 Å². The van der Waals surface area contributed by atoms with Crippen molar-refractivity contribution in [3.8, 4) is 0 Å². The van der Waals surface area contributed by atoms with Gasteiger partial charge in [-0.25, -0.2) is 0 Å². The highest BCUT2D eigenvalue weighted by molar-refractivity contribution is 9.10. The van der Waals surface area contributed by atoms with Crippen LogP contribution in [0.1, 0.15) is 16.8 Å². The lowest BCUT2D eigenvalue weighted by Gasteiger charge is -2.12. The van der Waals surface area contributed by atoms with Crippen molar-refractivity contribution >= 4 is 33.4 Å². The van der Waals surface area contributed by atoms with Crippen LogP contribution in [0.4, 0.5) is 0 Å². The summed E-state index contributed by atoms with van der Waals surface area (Å²) in [7, 11) is 0. The number of carbonyl (C=O) groups excluding carboxylic acids is 1. The monoisotopic (exact) mass is 302 g/mol. The smallest absolute Gasteiger partial charge is 0.253 e. The third-order valence-electron chi connectivity index (χ3n) is 2.57. The van der Waals surface area contributed by atoms with E-state index in [0.29, 0.717) is 10.6 Å². The van der Waals surface area contributed by atoms with Crippen LogP contribution in [0.25, 0.3) is 0 Å². The topological polar surface area (TPSA) is 41.1 Å². The fourth-order valence-corrected chi connectivity index (χ4v) is 2.28. The van der Waals surface area contributed by atoms with Crippen molar-refractivity contribution in [2.75, 3.05) is 13.1 Å². The second kappa shape index (κ2) is 5.17. The number of hydrogen-bond acceptors (Lipinski definition) is 2. The van der Waals surface area contributed by atoms with Crippen molar-refractivity contribution in [2.45, 2.75) is 12.5 Å². The molecule has 5 heteroatoms. The molecule has 0 spiro atoms. The lowest BCUT2D eigenvalue weighted by molar-refractivity contribution is 0.0940. The van der Waals surface area contributed by atoms with Gasteiger partial charge in [0.1, 0.15) is 0 Å². The van der Waals surface area contributed by atoms with Gasteiger partial charge in [-0.3, -0.25) is 4.79 Å². The van der Waals surface area contributed by atoms with Crippen LogP contribution in [0.15, 0.2) is 22.7 Å². The van der Waals surface area contributed by atoms with Crippen LogP contribution in [0.3, 0.4) is 0 Å². The van der Waals surface area contributed by atoms with Gasteiger partial charge in [-0.15, -0.1) is 0 Å². The van der Waals surface area contributed by atoms with Crippen LogP contribution in [0, 0.1) is 0 Å². The number of benzene rings is 1. The largest absolute Gasteiger partial charge is 0.348 e. The van der Waals surface area contributed by atoms with Gasteiger partial charge in [0.05, 0.1) is 10.6 Å². The van der Waals surface area contributed by atoms with Crippen LogP contribution >= 0.6 is 27.5 Å². The van der Waals surface area contributed by atoms with Gasteiger partial charge in [-0.05, 0) is 31.2 Å². The summed E-state index contributed by atoms with van der Waals surface area (Å²) in [4.78, 5) is 11.9. The van der Waals surface area contributed by atoms with Crippen molar-refractivity contribution in [3.63, 3.8) is 0 Å². The minimum Gasteiger partial charge on any atom is -0.348 e. The van der Waals surface area contributed by atoms with Gasteiger partial charge >= 0.3 is 0 Å². The summed E-state index contributed by atoms with van der Waals surface area (Å²) < 4.78 is 0.853. The Hall–Kier alpha value is -0.580. The zero-order valence-electron chi connectivity index (χ0n) is 8.59. The normalized spacial score (nSPS) is 19.8. The van der Waals surface area contributed by atoms with Gasteiger partial charge in [0, 0.05) is 17.1 Å². The molecule has 16 heavy (non-hydrogen) atoms. The molecule has 1 atom stereocenters. The molecular weight excluding hydrogens is 291 g/mol. The molecule has 0 saturated carbocycles. The minimum atomic E-state index is -0.111. The van der Waals surface area contributed by atoms with E-state index in [1.165, 1.54) is 0 Å². The van der Waals surface area contributed by atoms with E-state index < -0.39 is 0 Å². The standard InChI is InChI=1S/C11H12BrClN2O/c12-7-1-2-10(13)9(5-7)11(16)15-8-3-4-14-6-8/h1-2,5,8,14H,3-4,6H2,(H,15,16). The molecule has 1 saturated heterocycles. The van der Waals surface area contributed by atoms with Crippen molar-refractivity contribution in [2.24, 2.45) is 0 Å². The van der Waals surface area contributed by atoms with E-state index in [9.17, 15) is 4.79 Å². The number of halogens is 2. The van der Waals surface area contributed by atoms with E-state index in [0.717, 1.165) is 24.0 Å². The molecule has 86 valence electrons. The predicted molar refractivity (Wildman–Crippen MR) is 67.9 cm³/mol. The van der Waals surface area contributed by atoms with Crippen molar-refractivity contribution in [1.29, 1.82) is 0 Å². The van der Waals surface area contributed by atoms with E-state index in [4.69, 9.17) is 11.6 Å². The second-order valence-electron chi connectivity index (χ2n) is 3.79. The van der Waals surface area contributed by atoms with E-state index >= 15 is 0 Å². The molecule has 1 aromatic rings. The first-order chi connectivity index (χ1) is 7.66. The van der Waals surface area contributed by atoms with Crippen LogP contribution < -0.4 is 10.6 Å². The average molecular weight is 304 g/mol. The van der Waals surface area contributed by atoms with Crippen LogP contribution in [-0.2, 0) is 0 Å². The van der Waals surface area contributed by atoms with Gasteiger partial charge in [-0.2, -0.15) is 0 Å². The van der Waals surface area contributed by atoms with Crippen molar-refractivity contribution in [1.82, 2.24) is 10.6 Å². The Morgan fingerprint density at radius 1 is 1.56 bits per heavy atom. The SMILES string of the molecule is O=C(NC1CCNC1)c1cc(Br)ccc1Cl. The lowest BCUT2D eigenvalue weighted by Crippen LogP contribution is -2.36. The molecule has 0 radical (unpaired) electrons. The maximum atomic E-state index is 11.9. The first-order valence-corrected chi connectivity index (χ1v) is 6.30. The van der Waals surface area contributed by atoms with Crippen LogP contribution in [-0.4, -0.2) is 25.0 Å². The zero-order valence-corrected chi connectivity index (χ0v) is 10.9. The molecule has 1 amide bonds. The molecule has 1 aliphatic heterocycles. The van der Waals surface area contributed by atoms with Gasteiger partial charge in [-0.1, -0.05) is 27.5 Å². The van der Waals surface area contributed by atoms with Gasteiger partial charge in [0.2, 0.25) is 0 Å². The zero-order chi connectivity index (χ0) is 11.5. The molecular formula is C11H12BrClN2O. The number of nitrogens with one attached hydrogen (secondary N) is 2. The van der Waals surface area contributed by atoms with E-state index in [1.54, 1.807) is 12.1 Å². The molecule has 0 aliphatic carbocycles. The lowest BCUT2D eigenvalue weighted by atomic mass is 10.2. The second-order valence-corrected chi connectivity index (χ2v) is 5.11. The summed E-state index contributed by atoms with van der Waals surface area (Å²) in [6.07, 6.45) is 0.970. The first-order valence-electron chi connectivity index (χ1n) is 5.13. The summed E-state index contributed by atoms with van der Waals surface area (Å²) in [5, 5.41) is 6.63. The van der Waals surface area contributed by atoms with E-state index in [2.05, 4.69) is 26.6 Å². The molecule has 0 bridgehead atoms. The summed E-state index contributed by atoms with van der Waals surface area (Å²) in [6, 6.07) is 5.48. The minimum absolute atomic E-state index is 0.111. The molecule has 1 unspecified atom stereocenters. The Balaban J connectivity index is 2.10. The van der Waals surface area contributed by atoms with Gasteiger partial charge in [0.15, 0.2) is 0 Å². The third-order valence-corrected chi connectivity index (χ3v) is 3.39. The maximum absolute atomic E-state index is 11.9. The van der Waals surface area contributed by atoms with Crippen molar-refractivity contribution < 1.29 is 4.79 Å². The van der Waals surface area contributed by atoms with E-state index in [1.807, 2.05) is 6.07 Å². The summed E-state index contributed by atoms with van der Waals surface area (Å²) >= 11 is 9.31. The first kappa shape index (κ1) is 11.9.